The van der Waals surface area contributed by atoms with Crippen molar-refractivity contribution in [2.24, 2.45) is 7.05 Å². The highest BCUT2D eigenvalue weighted by Crippen LogP contribution is 2.30. The van der Waals surface area contributed by atoms with Gasteiger partial charge in [-0.1, -0.05) is 49.4 Å². The molecule has 0 N–H and O–H groups in total. The molecule has 4 nitrogen and oxygen atoms in total. The minimum absolute atomic E-state index is 0.104. The minimum atomic E-state index is 0.104. The summed E-state index contributed by atoms with van der Waals surface area (Å²) in [6, 6.07) is 18.0. The normalized spacial score (nSPS) is 11.4. The summed E-state index contributed by atoms with van der Waals surface area (Å²) >= 11 is 0. The Hall–Kier alpha value is -2.88. The van der Waals surface area contributed by atoms with Gasteiger partial charge in [0.1, 0.15) is 11.4 Å². The summed E-state index contributed by atoms with van der Waals surface area (Å²) in [7, 11) is 1.99. The molecule has 0 unspecified atom stereocenters. The number of benzene rings is 2. The van der Waals surface area contributed by atoms with Crippen LogP contribution in [-0.4, -0.2) is 19.7 Å². The number of carbonyl (C=O) groups is 1. The van der Waals surface area contributed by atoms with Crippen LogP contribution in [0, 0.1) is 0 Å². The Morgan fingerprint density at radius 2 is 1.65 bits per heavy atom. The molecule has 2 aromatic carbocycles. The number of hydrogen-bond acceptors (Lipinski definition) is 2. The maximum absolute atomic E-state index is 12.7. The molecule has 0 bridgehead atoms. The third kappa shape index (κ3) is 1.91. The van der Waals surface area contributed by atoms with Crippen molar-refractivity contribution in [2.45, 2.75) is 13.3 Å². The second kappa shape index (κ2) is 5.09. The van der Waals surface area contributed by atoms with Gasteiger partial charge in [0.15, 0.2) is 5.78 Å². The molecular formula is C19H17N3O. The van der Waals surface area contributed by atoms with Crippen molar-refractivity contribution in [1.29, 1.82) is 0 Å². The number of fused-ring (bicyclic) bond motifs is 3. The lowest BCUT2D eigenvalue weighted by molar-refractivity contribution is 0.0983. The molecule has 2 heterocycles. The summed E-state index contributed by atoms with van der Waals surface area (Å²) in [6.07, 6.45) is 0.455. The summed E-state index contributed by atoms with van der Waals surface area (Å²) in [4.78, 5) is 17.5. The Morgan fingerprint density at radius 3 is 2.35 bits per heavy atom. The third-order valence-corrected chi connectivity index (χ3v) is 4.28. The van der Waals surface area contributed by atoms with Gasteiger partial charge in [-0.25, -0.2) is 4.98 Å². The largest absolute Gasteiger partial charge is 0.313 e. The topological polar surface area (TPSA) is 39.3 Å². The Balaban J connectivity index is 2.16. The van der Waals surface area contributed by atoms with Gasteiger partial charge in [0.2, 0.25) is 5.78 Å². The number of rotatable bonds is 3. The van der Waals surface area contributed by atoms with Crippen LogP contribution in [0.3, 0.4) is 0 Å². The van der Waals surface area contributed by atoms with Crippen molar-refractivity contribution in [1.82, 2.24) is 14.0 Å². The molecule has 0 saturated heterocycles. The van der Waals surface area contributed by atoms with E-state index < -0.39 is 0 Å². The molecule has 23 heavy (non-hydrogen) atoms. The zero-order valence-corrected chi connectivity index (χ0v) is 13.2. The molecular weight excluding hydrogens is 286 g/mol. The number of Topliss-reactive ketones (excluding diaryl/α,β-unsaturated/α-hetero) is 1. The summed E-state index contributed by atoms with van der Waals surface area (Å²) in [5.41, 5.74) is 4.48. The lowest BCUT2D eigenvalue weighted by atomic mass is 10.1. The molecule has 0 spiro atoms. The molecule has 114 valence electrons. The summed E-state index contributed by atoms with van der Waals surface area (Å²) in [5, 5.41) is 0. The average Bonchev–Trinajstić information content (AvgIpc) is 3.12. The number of ketones is 1. The van der Waals surface area contributed by atoms with Crippen LogP contribution in [0.5, 0.6) is 0 Å². The Kier molecular flexibility index (Phi) is 3.05. The first-order valence-corrected chi connectivity index (χ1v) is 7.77. The van der Waals surface area contributed by atoms with Crippen LogP contribution in [0.4, 0.5) is 0 Å². The molecule has 0 amide bonds. The van der Waals surface area contributed by atoms with Crippen LogP contribution >= 0.6 is 0 Å². The molecule has 0 aliphatic rings. The van der Waals surface area contributed by atoms with Crippen molar-refractivity contribution in [3.05, 3.63) is 60.3 Å². The molecule has 0 atom stereocenters. The van der Waals surface area contributed by atoms with Gasteiger partial charge in [0, 0.05) is 19.0 Å². The zero-order valence-electron chi connectivity index (χ0n) is 13.2. The van der Waals surface area contributed by atoms with E-state index in [2.05, 4.69) is 0 Å². The monoisotopic (exact) mass is 303 g/mol. The number of aryl methyl sites for hydroxylation is 1. The number of para-hydroxylation sites is 2. The van der Waals surface area contributed by atoms with Crippen molar-refractivity contribution >= 4 is 22.6 Å². The van der Waals surface area contributed by atoms with Crippen LogP contribution in [0.2, 0.25) is 0 Å². The van der Waals surface area contributed by atoms with Crippen molar-refractivity contribution in [3.63, 3.8) is 0 Å². The van der Waals surface area contributed by atoms with E-state index in [1.54, 1.807) is 0 Å². The van der Waals surface area contributed by atoms with Crippen LogP contribution in [0.15, 0.2) is 54.6 Å². The van der Waals surface area contributed by atoms with E-state index in [4.69, 9.17) is 4.98 Å². The van der Waals surface area contributed by atoms with Crippen molar-refractivity contribution in [3.8, 4) is 11.3 Å². The Labute approximate surface area is 134 Å². The number of nitrogens with zero attached hydrogens (tertiary/aromatic N) is 3. The van der Waals surface area contributed by atoms with E-state index in [1.807, 2.05) is 77.5 Å². The lowest BCUT2D eigenvalue weighted by Gasteiger charge is -2.03. The van der Waals surface area contributed by atoms with E-state index in [1.165, 1.54) is 0 Å². The fourth-order valence-electron chi connectivity index (χ4n) is 3.13. The van der Waals surface area contributed by atoms with Gasteiger partial charge < -0.3 is 4.57 Å². The van der Waals surface area contributed by atoms with Crippen LogP contribution in [0.25, 0.3) is 28.1 Å². The maximum Gasteiger partial charge on any atom is 0.215 e. The fraction of sp³-hybridized carbons (Fsp3) is 0.158. The van der Waals surface area contributed by atoms with Gasteiger partial charge in [-0.05, 0) is 12.1 Å². The summed E-state index contributed by atoms with van der Waals surface area (Å²) in [5.74, 6) is 0.898. The molecule has 4 heteroatoms. The Bertz CT molecular complexity index is 1030. The zero-order chi connectivity index (χ0) is 16.0. The number of imidazole rings is 2. The smallest absolute Gasteiger partial charge is 0.215 e. The second-order valence-electron chi connectivity index (χ2n) is 5.63. The van der Waals surface area contributed by atoms with Gasteiger partial charge in [-0.3, -0.25) is 9.20 Å². The number of hydrogen-bond donors (Lipinski definition) is 0. The fourth-order valence-corrected chi connectivity index (χ4v) is 3.13. The van der Waals surface area contributed by atoms with Gasteiger partial charge in [0.05, 0.1) is 11.0 Å². The summed E-state index contributed by atoms with van der Waals surface area (Å²) in [6.45, 7) is 1.89. The van der Waals surface area contributed by atoms with E-state index >= 15 is 0 Å². The molecule has 0 aliphatic carbocycles. The van der Waals surface area contributed by atoms with Crippen molar-refractivity contribution in [2.75, 3.05) is 0 Å². The van der Waals surface area contributed by atoms with E-state index in [0.717, 1.165) is 28.1 Å². The molecule has 0 saturated carbocycles. The van der Waals surface area contributed by atoms with Crippen LogP contribution in [0.1, 0.15) is 23.8 Å². The Morgan fingerprint density at radius 1 is 1.00 bits per heavy atom. The highest BCUT2D eigenvalue weighted by atomic mass is 16.1. The first kappa shape index (κ1) is 13.8. The molecule has 0 fully saturated rings. The standard InChI is InChI=1S/C19H17N3O/c1-3-16(23)18-17(13-9-5-4-6-10-13)20-19-21(2)14-11-7-8-12-15(14)22(18)19/h4-12H,3H2,1-2H3. The SMILES string of the molecule is CCC(=O)c1c(-c2ccccc2)nc2n(C)c3ccccc3n12. The molecule has 0 radical (unpaired) electrons. The molecule has 4 rings (SSSR count). The van der Waals surface area contributed by atoms with Crippen LogP contribution in [-0.2, 0) is 7.05 Å². The van der Waals surface area contributed by atoms with Gasteiger partial charge in [-0.15, -0.1) is 0 Å². The van der Waals surface area contributed by atoms with E-state index in [0.29, 0.717) is 12.1 Å². The average molecular weight is 303 g/mol. The maximum atomic E-state index is 12.7. The summed E-state index contributed by atoms with van der Waals surface area (Å²) < 4.78 is 4.03. The third-order valence-electron chi connectivity index (χ3n) is 4.28. The highest BCUT2D eigenvalue weighted by Gasteiger charge is 2.23. The van der Waals surface area contributed by atoms with Gasteiger partial charge >= 0.3 is 0 Å². The predicted molar refractivity (Wildman–Crippen MR) is 91.7 cm³/mol. The van der Waals surface area contributed by atoms with Gasteiger partial charge in [-0.2, -0.15) is 0 Å². The van der Waals surface area contributed by atoms with E-state index in [9.17, 15) is 4.79 Å². The second-order valence-corrected chi connectivity index (χ2v) is 5.63. The molecule has 2 aromatic heterocycles. The van der Waals surface area contributed by atoms with Crippen molar-refractivity contribution < 1.29 is 4.79 Å². The lowest BCUT2D eigenvalue weighted by Crippen LogP contribution is -2.03. The molecule has 0 aliphatic heterocycles. The first-order chi connectivity index (χ1) is 11.2. The molecule has 4 aromatic rings. The quantitative estimate of drug-likeness (QED) is 0.535. The first-order valence-electron chi connectivity index (χ1n) is 7.77. The highest BCUT2D eigenvalue weighted by molar-refractivity contribution is 6.02. The predicted octanol–water partition coefficient (Wildman–Crippen LogP) is 4.09. The minimum Gasteiger partial charge on any atom is -0.313 e. The van der Waals surface area contributed by atoms with Gasteiger partial charge in [0.25, 0.3) is 0 Å². The van der Waals surface area contributed by atoms with E-state index in [-0.39, 0.29) is 5.78 Å². The van der Waals surface area contributed by atoms with Crippen LogP contribution < -0.4 is 0 Å². The number of aromatic nitrogens is 3. The number of carbonyl (C=O) groups excluding carboxylic acids is 1.